The molecule has 0 spiro atoms. The van der Waals surface area contributed by atoms with Gasteiger partial charge in [-0.1, -0.05) is 49.7 Å². The molecule has 3 aromatic rings. The largest absolute Gasteiger partial charge is 0.508 e. The summed E-state index contributed by atoms with van der Waals surface area (Å²) < 4.78 is 0. The van der Waals surface area contributed by atoms with Gasteiger partial charge in [0.25, 0.3) is 0 Å². The summed E-state index contributed by atoms with van der Waals surface area (Å²) >= 11 is 0. The minimum absolute atomic E-state index is 0.243. The summed E-state index contributed by atoms with van der Waals surface area (Å²) in [5.74, 6) is 0.816. The first-order valence-corrected chi connectivity index (χ1v) is 9.44. The molecule has 3 heteroatoms. The van der Waals surface area contributed by atoms with Crippen LogP contribution in [0.1, 0.15) is 47.6 Å². The van der Waals surface area contributed by atoms with Gasteiger partial charge in [-0.2, -0.15) is 0 Å². The number of phenols is 3. The van der Waals surface area contributed by atoms with Crippen molar-refractivity contribution < 1.29 is 15.3 Å². The first-order chi connectivity index (χ1) is 13.0. The van der Waals surface area contributed by atoms with Gasteiger partial charge in [0, 0.05) is 12.8 Å². The normalized spacial score (nSPS) is 10.9. The Labute approximate surface area is 160 Å². The van der Waals surface area contributed by atoms with Crippen molar-refractivity contribution in [3.05, 3.63) is 88.5 Å². The maximum atomic E-state index is 10.9. The Kier molecular flexibility index (Phi) is 6.02. The van der Waals surface area contributed by atoms with Crippen LogP contribution in [0.15, 0.2) is 60.7 Å². The number of hydrogen-bond donors (Lipinski definition) is 3. The van der Waals surface area contributed by atoms with Gasteiger partial charge in [-0.15, -0.1) is 0 Å². The molecule has 0 heterocycles. The van der Waals surface area contributed by atoms with E-state index in [1.165, 1.54) is 5.56 Å². The van der Waals surface area contributed by atoms with E-state index in [0.29, 0.717) is 18.6 Å². The highest BCUT2D eigenvalue weighted by Gasteiger charge is 2.12. The van der Waals surface area contributed by atoms with E-state index in [4.69, 9.17) is 0 Å². The van der Waals surface area contributed by atoms with Crippen molar-refractivity contribution in [2.24, 2.45) is 0 Å². The van der Waals surface area contributed by atoms with Crippen LogP contribution >= 0.6 is 0 Å². The second-order valence-corrected chi connectivity index (χ2v) is 7.05. The quantitative estimate of drug-likeness (QED) is 0.532. The molecule has 0 aromatic heterocycles. The van der Waals surface area contributed by atoms with E-state index in [9.17, 15) is 15.3 Å². The van der Waals surface area contributed by atoms with Crippen LogP contribution in [0.5, 0.6) is 17.2 Å². The number of aromatic hydroxyl groups is 3. The summed E-state index contributed by atoms with van der Waals surface area (Å²) in [6.07, 6.45) is 4.47. The molecule has 27 heavy (non-hydrogen) atoms. The zero-order valence-corrected chi connectivity index (χ0v) is 15.7. The van der Waals surface area contributed by atoms with Gasteiger partial charge >= 0.3 is 0 Å². The lowest BCUT2D eigenvalue weighted by molar-refractivity contribution is 0.463. The van der Waals surface area contributed by atoms with Gasteiger partial charge in [-0.25, -0.2) is 0 Å². The van der Waals surface area contributed by atoms with Gasteiger partial charge < -0.3 is 15.3 Å². The molecule has 0 unspecified atom stereocenters. The van der Waals surface area contributed by atoms with Crippen LogP contribution in [-0.4, -0.2) is 15.3 Å². The lowest BCUT2D eigenvalue weighted by Gasteiger charge is -2.14. The predicted octanol–water partition coefficient (Wildman–Crippen LogP) is 5.33. The molecule has 0 saturated carbocycles. The van der Waals surface area contributed by atoms with Crippen molar-refractivity contribution >= 4 is 0 Å². The third-order valence-corrected chi connectivity index (χ3v) is 4.81. The van der Waals surface area contributed by atoms with Crippen molar-refractivity contribution in [3.8, 4) is 17.2 Å². The van der Waals surface area contributed by atoms with Gasteiger partial charge in [0.1, 0.15) is 17.2 Å². The highest BCUT2D eigenvalue weighted by molar-refractivity contribution is 5.48. The number of aryl methyl sites for hydroxylation is 1. The number of phenolic OH excluding ortho intramolecular Hbond substituents is 3. The fraction of sp³-hybridized carbons (Fsp3) is 0.250. The Morgan fingerprint density at radius 3 is 1.48 bits per heavy atom. The molecule has 0 saturated heterocycles. The van der Waals surface area contributed by atoms with Crippen molar-refractivity contribution in [2.45, 2.75) is 39.0 Å². The van der Waals surface area contributed by atoms with Crippen molar-refractivity contribution in [1.82, 2.24) is 0 Å². The molecule has 0 aliphatic heterocycles. The number of unbranched alkanes of at least 4 members (excludes halogenated alkanes) is 1. The monoisotopic (exact) mass is 362 g/mol. The minimum atomic E-state index is 0.243. The summed E-state index contributed by atoms with van der Waals surface area (Å²) in [6.45, 7) is 2.18. The molecule has 3 N–H and O–H groups in total. The van der Waals surface area contributed by atoms with E-state index < -0.39 is 0 Å². The second-order valence-electron chi connectivity index (χ2n) is 7.05. The zero-order chi connectivity index (χ0) is 19.2. The molecule has 0 bridgehead atoms. The molecule has 0 radical (unpaired) electrons. The summed E-state index contributed by atoms with van der Waals surface area (Å²) in [5, 5.41) is 29.8. The van der Waals surface area contributed by atoms with E-state index >= 15 is 0 Å². The van der Waals surface area contributed by atoms with Crippen LogP contribution in [0.2, 0.25) is 0 Å². The molecule has 3 nitrogen and oxygen atoms in total. The third kappa shape index (κ3) is 5.04. The van der Waals surface area contributed by atoms with Gasteiger partial charge in [0.05, 0.1) is 0 Å². The zero-order valence-electron chi connectivity index (χ0n) is 15.7. The van der Waals surface area contributed by atoms with Crippen LogP contribution < -0.4 is 0 Å². The third-order valence-electron chi connectivity index (χ3n) is 4.81. The highest BCUT2D eigenvalue weighted by Crippen LogP contribution is 2.30. The molecule has 140 valence electrons. The van der Waals surface area contributed by atoms with Crippen molar-refractivity contribution in [3.63, 3.8) is 0 Å². The molecular formula is C24H26O3. The molecule has 0 amide bonds. The van der Waals surface area contributed by atoms with Crippen molar-refractivity contribution in [1.29, 1.82) is 0 Å². The van der Waals surface area contributed by atoms with Gasteiger partial charge in [-0.3, -0.25) is 0 Å². The molecular weight excluding hydrogens is 336 g/mol. The molecule has 0 fully saturated rings. The molecule has 0 aliphatic rings. The van der Waals surface area contributed by atoms with E-state index in [2.05, 4.69) is 19.1 Å². The van der Waals surface area contributed by atoms with Crippen LogP contribution in [0.3, 0.4) is 0 Å². The van der Waals surface area contributed by atoms with Crippen LogP contribution in [-0.2, 0) is 19.3 Å². The Morgan fingerprint density at radius 2 is 1.07 bits per heavy atom. The van der Waals surface area contributed by atoms with E-state index in [1.54, 1.807) is 24.3 Å². The Balaban J connectivity index is 1.93. The first-order valence-electron chi connectivity index (χ1n) is 9.44. The predicted molar refractivity (Wildman–Crippen MR) is 109 cm³/mol. The average Bonchev–Trinajstić information content (AvgIpc) is 2.67. The van der Waals surface area contributed by atoms with Crippen LogP contribution in [0.25, 0.3) is 0 Å². The van der Waals surface area contributed by atoms with Crippen LogP contribution in [0.4, 0.5) is 0 Å². The fourth-order valence-corrected chi connectivity index (χ4v) is 3.29. The standard InChI is InChI=1S/C24H26O3/c1-2-3-4-19-15-20(13-17-5-9-22(25)10-6-17)24(27)21(16-19)14-18-7-11-23(26)12-8-18/h5-12,15-16,25-27H,2-4,13-14H2,1H3. The second kappa shape index (κ2) is 8.63. The Morgan fingerprint density at radius 1 is 0.630 bits per heavy atom. The maximum absolute atomic E-state index is 10.9. The van der Waals surface area contributed by atoms with Gasteiger partial charge in [0.2, 0.25) is 0 Å². The maximum Gasteiger partial charge on any atom is 0.122 e. The molecule has 0 aliphatic carbocycles. The topological polar surface area (TPSA) is 60.7 Å². The number of benzene rings is 3. The van der Waals surface area contributed by atoms with E-state index in [-0.39, 0.29) is 11.5 Å². The van der Waals surface area contributed by atoms with E-state index in [1.807, 2.05) is 24.3 Å². The van der Waals surface area contributed by atoms with E-state index in [0.717, 1.165) is 41.5 Å². The fourth-order valence-electron chi connectivity index (χ4n) is 3.29. The molecule has 0 atom stereocenters. The van der Waals surface area contributed by atoms with Crippen molar-refractivity contribution in [2.75, 3.05) is 0 Å². The number of hydrogen-bond acceptors (Lipinski definition) is 3. The van der Waals surface area contributed by atoms with Gasteiger partial charge in [0.15, 0.2) is 0 Å². The summed E-state index contributed by atoms with van der Waals surface area (Å²) in [4.78, 5) is 0. The SMILES string of the molecule is CCCCc1cc(Cc2ccc(O)cc2)c(O)c(Cc2ccc(O)cc2)c1. The summed E-state index contributed by atoms with van der Waals surface area (Å²) in [6, 6.07) is 18.4. The average molecular weight is 362 g/mol. The lowest BCUT2D eigenvalue weighted by Crippen LogP contribution is -1.98. The number of rotatable bonds is 7. The first kappa shape index (κ1) is 18.8. The van der Waals surface area contributed by atoms with Crippen LogP contribution in [0, 0.1) is 0 Å². The van der Waals surface area contributed by atoms with Gasteiger partial charge in [-0.05, 0) is 64.9 Å². The Bertz CT molecular complexity index is 812. The lowest BCUT2D eigenvalue weighted by atomic mass is 9.93. The minimum Gasteiger partial charge on any atom is -0.508 e. The Hall–Kier alpha value is -2.94. The summed E-state index contributed by atoms with van der Waals surface area (Å²) in [5.41, 5.74) is 5.14. The highest BCUT2D eigenvalue weighted by atomic mass is 16.3. The smallest absolute Gasteiger partial charge is 0.122 e. The molecule has 3 rings (SSSR count). The molecule has 3 aromatic carbocycles. The summed E-state index contributed by atoms with van der Waals surface area (Å²) in [7, 11) is 0.